The van der Waals surface area contributed by atoms with Crippen molar-refractivity contribution in [1.82, 2.24) is 0 Å². The lowest BCUT2D eigenvalue weighted by atomic mass is 10.0. The van der Waals surface area contributed by atoms with E-state index in [1.165, 1.54) is 0 Å². The van der Waals surface area contributed by atoms with E-state index in [4.69, 9.17) is 16.6 Å². The van der Waals surface area contributed by atoms with Gasteiger partial charge in [-0.3, -0.25) is 9.59 Å². The number of carbonyl (C=O) groups excluding carboxylic acids is 2. The summed E-state index contributed by atoms with van der Waals surface area (Å²) in [6.45, 7) is 0. The van der Waals surface area contributed by atoms with Crippen molar-refractivity contribution in [2.45, 2.75) is 24.9 Å². The lowest BCUT2D eigenvalue weighted by molar-refractivity contribution is -0.137. The van der Waals surface area contributed by atoms with Crippen LogP contribution in [0.1, 0.15) is 12.8 Å². The van der Waals surface area contributed by atoms with Crippen molar-refractivity contribution in [3.8, 4) is 0 Å². The standard InChI is InChI=1S/C7H12N2O4/c8-4(1-2-6(11)12)7(13)5(9)3-10/h3-5H,1-2,8-9H2,(H,11,12)/t4-,5?/m0/s1. The highest BCUT2D eigenvalue weighted by Crippen LogP contribution is 1.97. The van der Waals surface area contributed by atoms with E-state index >= 15 is 0 Å². The van der Waals surface area contributed by atoms with Crippen LogP contribution in [0.4, 0.5) is 0 Å². The Bertz CT molecular complexity index is 217. The first-order chi connectivity index (χ1) is 5.99. The third kappa shape index (κ3) is 4.34. The topological polar surface area (TPSA) is 123 Å². The summed E-state index contributed by atoms with van der Waals surface area (Å²) in [5, 5.41) is 8.27. The molecule has 74 valence electrons. The zero-order valence-electron chi connectivity index (χ0n) is 6.97. The van der Waals surface area contributed by atoms with E-state index in [9.17, 15) is 14.4 Å². The van der Waals surface area contributed by atoms with Crippen LogP contribution in [0, 0.1) is 0 Å². The minimum Gasteiger partial charge on any atom is -0.481 e. The zero-order chi connectivity index (χ0) is 10.4. The number of hydrogen-bond donors (Lipinski definition) is 3. The summed E-state index contributed by atoms with van der Waals surface area (Å²) < 4.78 is 0. The Morgan fingerprint density at radius 3 is 2.31 bits per heavy atom. The molecule has 13 heavy (non-hydrogen) atoms. The lowest BCUT2D eigenvalue weighted by Crippen LogP contribution is -2.44. The molecule has 0 saturated carbocycles. The van der Waals surface area contributed by atoms with Gasteiger partial charge < -0.3 is 21.4 Å². The van der Waals surface area contributed by atoms with Gasteiger partial charge in [-0.15, -0.1) is 0 Å². The molecule has 0 amide bonds. The Balaban J connectivity index is 3.96. The fourth-order valence-corrected chi connectivity index (χ4v) is 0.735. The molecular formula is C7H12N2O4. The van der Waals surface area contributed by atoms with Crippen LogP contribution in [0.5, 0.6) is 0 Å². The molecule has 6 nitrogen and oxygen atoms in total. The normalized spacial score (nSPS) is 14.6. The van der Waals surface area contributed by atoms with Crippen LogP contribution < -0.4 is 11.5 Å². The van der Waals surface area contributed by atoms with Crippen LogP contribution in [0.25, 0.3) is 0 Å². The van der Waals surface area contributed by atoms with Gasteiger partial charge in [-0.25, -0.2) is 0 Å². The van der Waals surface area contributed by atoms with Crippen LogP contribution in [-0.4, -0.2) is 35.2 Å². The number of Topliss-reactive ketones (excluding diaryl/α,β-unsaturated/α-hetero) is 1. The summed E-state index contributed by atoms with van der Waals surface area (Å²) >= 11 is 0. The molecular weight excluding hydrogens is 176 g/mol. The molecule has 0 aliphatic heterocycles. The summed E-state index contributed by atoms with van der Waals surface area (Å²) in [4.78, 5) is 31.2. The summed E-state index contributed by atoms with van der Waals surface area (Å²) in [7, 11) is 0. The minimum absolute atomic E-state index is 0.00426. The average molecular weight is 188 g/mol. The number of carboxylic acids is 1. The molecule has 2 atom stereocenters. The van der Waals surface area contributed by atoms with Gasteiger partial charge in [-0.2, -0.15) is 0 Å². The smallest absolute Gasteiger partial charge is 0.303 e. The first kappa shape index (κ1) is 11.7. The van der Waals surface area contributed by atoms with Crippen LogP contribution in [0.3, 0.4) is 0 Å². The molecule has 0 aliphatic rings. The van der Waals surface area contributed by atoms with Gasteiger partial charge in [0.1, 0.15) is 12.3 Å². The molecule has 6 heteroatoms. The number of hydrogen-bond acceptors (Lipinski definition) is 5. The fourth-order valence-electron chi connectivity index (χ4n) is 0.735. The number of aldehydes is 1. The van der Waals surface area contributed by atoms with Gasteiger partial charge in [0, 0.05) is 6.42 Å². The SMILES string of the molecule is NC(C=O)C(=O)[C@@H](N)CCC(=O)O. The Morgan fingerprint density at radius 1 is 1.38 bits per heavy atom. The minimum atomic E-state index is -1.25. The van der Waals surface area contributed by atoms with Crippen LogP contribution in [0.15, 0.2) is 0 Å². The van der Waals surface area contributed by atoms with Crippen LogP contribution in [0.2, 0.25) is 0 Å². The maximum absolute atomic E-state index is 11.0. The monoisotopic (exact) mass is 188 g/mol. The number of aliphatic carboxylic acids is 1. The Labute approximate surface area is 74.9 Å². The fraction of sp³-hybridized carbons (Fsp3) is 0.571. The molecule has 0 saturated heterocycles. The van der Waals surface area contributed by atoms with Gasteiger partial charge in [0.2, 0.25) is 0 Å². The Kier molecular flexibility index (Phi) is 4.86. The van der Waals surface area contributed by atoms with E-state index in [-0.39, 0.29) is 19.1 Å². The first-order valence-electron chi connectivity index (χ1n) is 3.71. The molecule has 0 fully saturated rings. The number of ketones is 1. The van der Waals surface area contributed by atoms with Gasteiger partial charge in [0.05, 0.1) is 6.04 Å². The van der Waals surface area contributed by atoms with Crippen molar-refractivity contribution < 1.29 is 19.5 Å². The van der Waals surface area contributed by atoms with Crippen molar-refractivity contribution in [3.05, 3.63) is 0 Å². The lowest BCUT2D eigenvalue weighted by Gasteiger charge is -2.10. The molecule has 0 aromatic carbocycles. The second kappa shape index (κ2) is 5.39. The number of nitrogens with two attached hydrogens (primary N) is 2. The second-order valence-corrected chi connectivity index (χ2v) is 2.60. The molecule has 0 heterocycles. The van der Waals surface area contributed by atoms with Gasteiger partial charge in [0.25, 0.3) is 0 Å². The van der Waals surface area contributed by atoms with Crippen molar-refractivity contribution in [3.63, 3.8) is 0 Å². The number of carbonyl (C=O) groups is 3. The zero-order valence-corrected chi connectivity index (χ0v) is 6.97. The highest BCUT2D eigenvalue weighted by Gasteiger charge is 2.20. The molecule has 0 rings (SSSR count). The van der Waals surface area contributed by atoms with E-state index in [0.717, 1.165) is 0 Å². The molecule has 1 unspecified atom stereocenters. The van der Waals surface area contributed by atoms with Gasteiger partial charge in [-0.05, 0) is 6.42 Å². The second-order valence-electron chi connectivity index (χ2n) is 2.60. The average Bonchev–Trinajstić information content (AvgIpc) is 2.11. The number of carboxylic acid groups (broad SMARTS) is 1. The summed E-state index contributed by atoms with van der Waals surface area (Å²) in [6, 6.07) is -2.22. The highest BCUT2D eigenvalue weighted by atomic mass is 16.4. The molecule has 0 radical (unpaired) electrons. The van der Waals surface area contributed by atoms with Crippen molar-refractivity contribution in [1.29, 1.82) is 0 Å². The van der Waals surface area contributed by atoms with E-state index in [2.05, 4.69) is 0 Å². The first-order valence-corrected chi connectivity index (χ1v) is 3.71. The van der Waals surface area contributed by atoms with Crippen LogP contribution in [-0.2, 0) is 14.4 Å². The van der Waals surface area contributed by atoms with E-state index < -0.39 is 23.8 Å². The molecule has 0 bridgehead atoms. The Hall–Kier alpha value is -1.27. The third-order valence-corrected chi connectivity index (χ3v) is 1.51. The van der Waals surface area contributed by atoms with E-state index in [1.54, 1.807) is 0 Å². The molecule has 0 aliphatic carbocycles. The quantitative estimate of drug-likeness (QED) is 0.336. The van der Waals surface area contributed by atoms with Gasteiger partial charge in [0.15, 0.2) is 5.78 Å². The largest absolute Gasteiger partial charge is 0.481 e. The summed E-state index contributed by atoms with van der Waals surface area (Å²) in [6.07, 6.45) is 0.0666. The van der Waals surface area contributed by atoms with Crippen LogP contribution >= 0.6 is 0 Å². The highest BCUT2D eigenvalue weighted by molar-refractivity contribution is 6.00. The van der Waals surface area contributed by atoms with Gasteiger partial charge >= 0.3 is 5.97 Å². The molecule has 0 aromatic rings. The Morgan fingerprint density at radius 2 is 1.92 bits per heavy atom. The third-order valence-electron chi connectivity index (χ3n) is 1.51. The number of rotatable bonds is 6. The maximum Gasteiger partial charge on any atom is 0.303 e. The molecule has 0 spiro atoms. The van der Waals surface area contributed by atoms with E-state index in [1.807, 2.05) is 0 Å². The summed E-state index contributed by atoms with van der Waals surface area (Å²) in [5.41, 5.74) is 10.4. The predicted octanol–water partition coefficient (Wildman–Crippen LogP) is -1.73. The van der Waals surface area contributed by atoms with Crippen molar-refractivity contribution in [2.24, 2.45) is 11.5 Å². The predicted molar refractivity (Wildman–Crippen MR) is 43.9 cm³/mol. The van der Waals surface area contributed by atoms with E-state index in [0.29, 0.717) is 0 Å². The van der Waals surface area contributed by atoms with Crippen molar-refractivity contribution in [2.75, 3.05) is 0 Å². The molecule has 5 N–H and O–H groups in total. The van der Waals surface area contributed by atoms with Gasteiger partial charge in [-0.1, -0.05) is 0 Å². The van der Waals surface area contributed by atoms with Crippen molar-refractivity contribution >= 4 is 18.0 Å². The maximum atomic E-state index is 11.0. The molecule has 0 aromatic heterocycles. The summed E-state index contributed by atoms with van der Waals surface area (Å²) in [5.74, 6) is -1.67.